The number of rotatable bonds is 8. The van der Waals surface area contributed by atoms with E-state index in [-0.39, 0.29) is 5.97 Å². The third-order valence-electron chi connectivity index (χ3n) is 3.77. The number of methoxy groups -OCH3 is 1. The van der Waals surface area contributed by atoms with E-state index in [1.165, 1.54) is 5.56 Å². The number of benzene rings is 1. The van der Waals surface area contributed by atoms with Crippen LogP contribution in [0.5, 0.6) is 5.75 Å². The van der Waals surface area contributed by atoms with Gasteiger partial charge >= 0.3 is 5.97 Å². The summed E-state index contributed by atoms with van der Waals surface area (Å²) in [6, 6.07) is 8.04. The Morgan fingerprint density at radius 2 is 2.00 bits per heavy atom. The normalized spacial score (nSPS) is 10.7. The first-order chi connectivity index (χ1) is 11.5. The largest absolute Gasteiger partial charge is 0.497 e. The Bertz CT molecular complexity index is 680. The number of hydrogen-bond donors (Lipinski definition) is 0. The Morgan fingerprint density at radius 1 is 1.29 bits per heavy atom. The number of thioether (sulfide) groups is 1. The van der Waals surface area contributed by atoms with E-state index >= 15 is 0 Å². The molecule has 0 unspecified atom stereocenters. The van der Waals surface area contributed by atoms with Gasteiger partial charge in [-0.05, 0) is 38.0 Å². The lowest BCUT2D eigenvalue weighted by Gasteiger charge is -2.07. The van der Waals surface area contributed by atoms with Gasteiger partial charge in [0.05, 0.1) is 25.8 Å². The molecule has 5 nitrogen and oxygen atoms in total. The first-order valence-corrected chi connectivity index (χ1v) is 8.97. The molecule has 24 heavy (non-hydrogen) atoms. The van der Waals surface area contributed by atoms with Crippen molar-refractivity contribution in [1.82, 2.24) is 9.55 Å². The summed E-state index contributed by atoms with van der Waals surface area (Å²) < 4.78 is 12.2. The van der Waals surface area contributed by atoms with E-state index in [1.807, 2.05) is 33.0 Å². The summed E-state index contributed by atoms with van der Waals surface area (Å²) in [5.74, 6) is 1.54. The molecule has 0 aliphatic rings. The van der Waals surface area contributed by atoms with Crippen LogP contribution in [0.1, 0.15) is 30.3 Å². The summed E-state index contributed by atoms with van der Waals surface area (Å²) >= 11 is 1.69. The fourth-order valence-electron chi connectivity index (χ4n) is 2.44. The highest BCUT2D eigenvalue weighted by Crippen LogP contribution is 2.25. The van der Waals surface area contributed by atoms with E-state index in [2.05, 4.69) is 21.7 Å². The number of aromatic nitrogens is 2. The molecule has 0 aliphatic heterocycles. The lowest BCUT2D eigenvalue weighted by atomic mass is 10.2. The van der Waals surface area contributed by atoms with Gasteiger partial charge in [0.15, 0.2) is 5.16 Å². The zero-order valence-corrected chi connectivity index (χ0v) is 15.5. The Kier molecular flexibility index (Phi) is 6.73. The standard InChI is InChI=1S/C18H24N2O3S/c1-5-23-17(21)11-10-16-13(2)19-18(20(16)3)24-12-14-6-8-15(22-4)9-7-14/h6-9H,5,10-12H2,1-4H3. The van der Waals surface area contributed by atoms with Gasteiger partial charge in [-0.15, -0.1) is 0 Å². The molecule has 2 rings (SSSR count). The summed E-state index contributed by atoms with van der Waals surface area (Å²) in [7, 11) is 3.66. The molecular weight excluding hydrogens is 324 g/mol. The van der Waals surface area contributed by atoms with Crippen LogP contribution in [-0.2, 0) is 28.8 Å². The molecule has 0 amide bonds. The topological polar surface area (TPSA) is 53.4 Å². The van der Waals surface area contributed by atoms with Crippen molar-refractivity contribution >= 4 is 17.7 Å². The fourth-order valence-corrected chi connectivity index (χ4v) is 3.44. The number of hydrogen-bond acceptors (Lipinski definition) is 5. The van der Waals surface area contributed by atoms with Crippen molar-refractivity contribution in [3.05, 3.63) is 41.2 Å². The van der Waals surface area contributed by atoms with Gasteiger partial charge in [-0.25, -0.2) is 4.98 Å². The van der Waals surface area contributed by atoms with E-state index < -0.39 is 0 Å². The maximum Gasteiger partial charge on any atom is 0.306 e. The van der Waals surface area contributed by atoms with Gasteiger partial charge in [0.1, 0.15) is 5.75 Å². The second kappa shape index (κ2) is 8.78. The minimum absolute atomic E-state index is 0.162. The van der Waals surface area contributed by atoms with Crippen molar-refractivity contribution in [2.45, 2.75) is 37.6 Å². The Morgan fingerprint density at radius 3 is 2.62 bits per heavy atom. The Hall–Kier alpha value is -1.95. The number of nitrogens with zero attached hydrogens (tertiary/aromatic N) is 2. The number of esters is 1. The van der Waals surface area contributed by atoms with Crippen LogP contribution in [0, 0.1) is 6.92 Å². The summed E-state index contributed by atoms with van der Waals surface area (Å²) in [6.07, 6.45) is 1.04. The number of carbonyl (C=O) groups is 1. The predicted molar refractivity (Wildman–Crippen MR) is 95.5 cm³/mol. The van der Waals surface area contributed by atoms with Crippen LogP contribution in [0.15, 0.2) is 29.4 Å². The van der Waals surface area contributed by atoms with Crippen LogP contribution in [-0.4, -0.2) is 29.2 Å². The van der Waals surface area contributed by atoms with Gasteiger partial charge in [0.25, 0.3) is 0 Å². The molecule has 130 valence electrons. The summed E-state index contributed by atoms with van der Waals surface area (Å²) in [5, 5.41) is 0.960. The molecule has 0 saturated heterocycles. The molecular formula is C18H24N2O3S. The maximum absolute atomic E-state index is 11.5. The van der Waals surface area contributed by atoms with Crippen LogP contribution >= 0.6 is 11.8 Å². The van der Waals surface area contributed by atoms with Crippen LogP contribution in [0.3, 0.4) is 0 Å². The summed E-state index contributed by atoms with van der Waals surface area (Å²) in [5.41, 5.74) is 3.27. The third-order valence-corrected chi connectivity index (χ3v) is 4.87. The molecule has 6 heteroatoms. The van der Waals surface area contributed by atoms with Crippen molar-refractivity contribution in [1.29, 1.82) is 0 Å². The Labute approximate surface area is 147 Å². The monoisotopic (exact) mass is 348 g/mol. The molecule has 1 heterocycles. The van der Waals surface area contributed by atoms with Gasteiger partial charge in [-0.3, -0.25) is 4.79 Å². The molecule has 0 atom stereocenters. The van der Waals surface area contributed by atoms with Gasteiger partial charge in [-0.1, -0.05) is 23.9 Å². The van der Waals surface area contributed by atoms with E-state index in [4.69, 9.17) is 9.47 Å². The average molecular weight is 348 g/mol. The average Bonchev–Trinajstić information content (AvgIpc) is 2.85. The lowest BCUT2D eigenvalue weighted by Crippen LogP contribution is -2.08. The predicted octanol–water partition coefficient (Wildman–Crippen LogP) is 3.53. The number of aryl methyl sites for hydroxylation is 1. The minimum atomic E-state index is -0.162. The first kappa shape index (κ1) is 18.4. The van der Waals surface area contributed by atoms with Crippen molar-refractivity contribution in [3.8, 4) is 5.75 Å². The van der Waals surface area contributed by atoms with E-state index in [0.29, 0.717) is 19.4 Å². The smallest absolute Gasteiger partial charge is 0.306 e. The van der Waals surface area contributed by atoms with E-state index in [1.54, 1.807) is 18.9 Å². The van der Waals surface area contributed by atoms with Gasteiger partial charge in [-0.2, -0.15) is 0 Å². The van der Waals surface area contributed by atoms with Crippen LogP contribution in [0.4, 0.5) is 0 Å². The van der Waals surface area contributed by atoms with E-state index in [0.717, 1.165) is 28.0 Å². The van der Waals surface area contributed by atoms with E-state index in [9.17, 15) is 4.79 Å². The first-order valence-electron chi connectivity index (χ1n) is 7.98. The number of imidazole rings is 1. The highest BCUT2D eigenvalue weighted by Gasteiger charge is 2.14. The second-order valence-corrected chi connectivity index (χ2v) is 6.37. The van der Waals surface area contributed by atoms with Crippen molar-refractivity contribution in [2.75, 3.05) is 13.7 Å². The van der Waals surface area contributed by atoms with Crippen molar-refractivity contribution in [3.63, 3.8) is 0 Å². The van der Waals surface area contributed by atoms with Crippen LogP contribution in [0.2, 0.25) is 0 Å². The zero-order valence-electron chi connectivity index (χ0n) is 14.7. The third kappa shape index (κ3) is 4.77. The SMILES string of the molecule is CCOC(=O)CCc1c(C)nc(SCc2ccc(OC)cc2)n1C. The quantitative estimate of drug-likeness (QED) is 0.540. The summed E-state index contributed by atoms with van der Waals surface area (Å²) in [4.78, 5) is 16.2. The lowest BCUT2D eigenvalue weighted by molar-refractivity contribution is -0.143. The zero-order chi connectivity index (χ0) is 17.5. The number of carbonyl (C=O) groups excluding carboxylic acids is 1. The number of ether oxygens (including phenoxy) is 2. The molecule has 1 aromatic heterocycles. The molecule has 0 radical (unpaired) electrons. The molecule has 1 aromatic carbocycles. The molecule has 0 aliphatic carbocycles. The van der Waals surface area contributed by atoms with Crippen molar-refractivity contribution in [2.24, 2.45) is 7.05 Å². The Balaban J connectivity index is 1.98. The molecule has 0 spiro atoms. The highest BCUT2D eigenvalue weighted by molar-refractivity contribution is 7.98. The molecule has 0 saturated carbocycles. The maximum atomic E-state index is 11.5. The molecule has 0 N–H and O–H groups in total. The molecule has 2 aromatic rings. The second-order valence-electron chi connectivity index (χ2n) is 5.43. The van der Waals surface area contributed by atoms with Gasteiger partial charge < -0.3 is 14.0 Å². The van der Waals surface area contributed by atoms with Crippen LogP contribution < -0.4 is 4.74 Å². The van der Waals surface area contributed by atoms with Gasteiger partial charge in [0.2, 0.25) is 0 Å². The van der Waals surface area contributed by atoms with Crippen molar-refractivity contribution < 1.29 is 14.3 Å². The highest BCUT2D eigenvalue weighted by atomic mass is 32.2. The summed E-state index contributed by atoms with van der Waals surface area (Å²) in [6.45, 7) is 4.23. The minimum Gasteiger partial charge on any atom is -0.497 e. The van der Waals surface area contributed by atoms with Gasteiger partial charge in [0, 0.05) is 18.5 Å². The molecule has 0 bridgehead atoms. The molecule has 0 fully saturated rings. The van der Waals surface area contributed by atoms with Crippen LogP contribution in [0.25, 0.3) is 0 Å². The fraction of sp³-hybridized carbons (Fsp3) is 0.444.